The molecule has 0 radical (unpaired) electrons. The number of benzene rings is 1. The van der Waals surface area contributed by atoms with Crippen molar-refractivity contribution in [2.24, 2.45) is 5.73 Å². The summed E-state index contributed by atoms with van der Waals surface area (Å²) in [6.07, 6.45) is 0.0107. The van der Waals surface area contributed by atoms with Gasteiger partial charge >= 0.3 is 0 Å². The standard InChI is InChI=1S/C11H16N2O3S/c1-8(2)17(15,16)13-10-6-4-3-5-9(10)7-11(12)14/h3-6,8,13H,7H2,1-2H3,(H2,12,14). The summed E-state index contributed by atoms with van der Waals surface area (Å²) >= 11 is 0. The molecule has 5 nitrogen and oxygen atoms in total. The molecule has 0 unspecified atom stereocenters. The molecule has 3 N–H and O–H groups in total. The third-order valence-corrected chi connectivity index (χ3v) is 4.00. The number of carbonyl (C=O) groups is 1. The van der Waals surface area contributed by atoms with Crippen LogP contribution in [0.1, 0.15) is 19.4 Å². The Morgan fingerprint density at radius 1 is 1.35 bits per heavy atom. The molecule has 0 saturated carbocycles. The summed E-state index contributed by atoms with van der Waals surface area (Å²) in [5.41, 5.74) is 6.08. The minimum atomic E-state index is -3.41. The van der Waals surface area contributed by atoms with E-state index in [4.69, 9.17) is 5.73 Å². The van der Waals surface area contributed by atoms with Crippen LogP contribution < -0.4 is 10.5 Å². The van der Waals surface area contributed by atoms with Crippen LogP contribution >= 0.6 is 0 Å². The predicted octanol–water partition coefficient (Wildman–Crippen LogP) is 0.865. The zero-order valence-corrected chi connectivity index (χ0v) is 10.6. The van der Waals surface area contributed by atoms with Gasteiger partial charge in [-0.1, -0.05) is 18.2 Å². The monoisotopic (exact) mass is 256 g/mol. The SMILES string of the molecule is CC(C)S(=O)(=O)Nc1ccccc1CC(N)=O. The second-order valence-electron chi connectivity index (χ2n) is 4.00. The second-order valence-corrected chi connectivity index (χ2v) is 6.23. The fourth-order valence-electron chi connectivity index (χ4n) is 1.23. The van der Waals surface area contributed by atoms with E-state index in [2.05, 4.69) is 4.72 Å². The molecule has 0 bridgehead atoms. The van der Waals surface area contributed by atoms with Gasteiger partial charge in [-0.15, -0.1) is 0 Å². The number of carbonyl (C=O) groups excluding carboxylic acids is 1. The molecule has 94 valence electrons. The summed E-state index contributed by atoms with van der Waals surface area (Å²) in [4.78, 5) is 10.9. The summed E-state index contributed by atoms with van der Waals surface area (Å²) in [5, 5.41) is -0.538. The molecule has 0 aliphatic carbocycles. The fraction of sp³-hybridized carbons (Fsp3) is 0.364. The molecular weight excluding hydrogens is 240 g/mol. The third kappa shape index (κ3) is 3.74. The molecule has 1 rings (SSSR count). The van der Waals surface area contributed by atoms with Gasteiger partial charge in [-0.3, -0.25) is 9.52 Å². The van der Waals surface area contributed by atoms with Crippen LogP contribution in [0.25, 0.3) is 0 Å². The number of amides is 1. The number of para-hydroxylation sites is 1. The Bertz CT molecular complexity index is 509. The molecule has 17 heavy (non-hydrogen) atoms. The van der Waals surface area contributed by atoms with E-state index in [9.17, 15) is 13.2 Å². The quantitative estimate of drug-likeness (QED) is 0.819. The van der Waals surface area contributed by atoms with Crippen LogP contribution in [0.5, 0.6) is 0 Å². The lowest BCUT2D eigenvalue weighted by Crippen LogP contribution is -2.24. The molecule has 1 aromatic carbocycles. The minimum absolute atomic E-state index is 0.0107. The van der Waals surface area contributed by atoms with Gasteiger partial charge in [0.25, 0.3) is 0 Å². The van der Waals surface area contributed by atoms with Gasteiger partial charge in [-0.2, -0.15) is 0 Å². The average Bonchev–Trinajstić information content (AvgIpc) is 2.19. The van der Waals surface area contributed by atoms with E-state index < -0.39 is 21.2 Å². The van der Waals surface area contributed by atoms with Gasteiger partial charge in [0, 0.05) is 0 Å². The maximum Gasteiger partial charge on any atom is 0.235 e. The molecular formula is C11H16N2O3S. The Balaban J connectivity index is 3.03. The second kappa shape index (κ2) is 5.18. The summed E-state index contributed by atoms with van der Waals surface area (Å²) in [6, 6.07) is 6.70. The minimum Gasteiger partial charge on any atom is -0.369 e. The highest BCUT2D eigenvalue weighted by Gasteiger charge is 2.17. The molecule has 0 spiro atoms. The van der Waals surface area contributed by atoms with E-state index in [1.54, 1.807) is 38.1 Å². The highest BCUT2D eigenvalue weighted by molar-refractivity contribution is 7.93. The van der Waals surface area contributed by atoms with Crippen molar-refractivity contribution in [3.8, 4) is 0 Å². The van der Waals surface area contributed by atoms with Crippen LogP contribution in [0.15, 0.2) is 24.3 Å². The molecule has 0 heterocycles. The lowest BCUT2D eigenvalue weighted by molar-refractivity contribution is -0.117. The zero-order valence-electron chi connectivity index (χ0n) is 9.80. The third-order valence-electron chi connectivity index (χ3n) is 2.25. The van der Waals surface area contributed by atoms with E-state index in [1.807, 2.05) is 0 Å². The number of anilines is 1. The van der Waals surface area contributed by atoms with Gasteiger partial charge in [0.2, 0.25) is 15.9 Å². The van der Waals surface area contributed by atoms with E-state index in [-0.39, 0.29) is 6.42 Å². The number of rotatable bonds is 5. The first-order valence-electron chi connectivity index (χ1n) is 5.21. The molecule has 1 aromatic rings. The van der Waals surface area contributed by atoms with E-state index >= 15 is 0 Å². The number of nitrogens with two attached hydrogens (primary N) is 1. The van der Waals surface area contributed by atoms with Crippen molar-refractivity contribution in [1.82, 2.24) is 0 Å². The molecule has 0 fully saturated rings. The van der Waals surface area contributed by atoms with E-state index in [1.165, 1.54) is 0 Å². The normalized spacial score (nSPS) is 11.5. The Kier molecular flexibility index (Phi) is 4.11. The summed E-state index contributed by atoms with van der Waals surface area (Å²) < 4.78 is 25.9. The van der Waals surface area contributed by atoms with E-state index in [0.717, 1.165) is 0 Å². The number of primary amides is 1. The maximum atomic E-state index is 11.7. The Morgan fingerprint density at radius 3 is 2.47 bits per heavy atom. The first-order valence-corrected chi connectivity index (χ1v) is 6.75. The molecule has 0 aliphatic heterocycles. The Morgan fingerprint density at radius 2 is 1.94 bits per heavy atom. The molecule has 0 aliphatic rings. The van der Waals surface area contributed by atoms with Crippen LogP contribution in [-0.2, 0) is 21.2 Å². The zero-order chi connectivity index (χ0) is 13.1. The van der Waals surface area contributed by atoms with E-state index in [0.29, 0.717) is 11.3 Å². The first kappa shape index (κ1) is 13.5. The number of sulfonamides is 1. The smallest absolute Gasteiger partial charge is 0.235 e. The van der Waals surface area contributed by atoms with Crippen molar-refractivity contribution in [3.63, 3.8) is 0 Å². The summed E-state index contributed by atoms with van der Waals surface area (Å²) in [6.45, 7) is 3.16. The van der Waals surface area contributed by atoms with Crippen molar-refractivity contribution in [1.29, 1.82) is 0 Å². The van der Waals surface area contributed by atoms with Gasteiger partial charge in [0.1, 0.15) is 0 Å². The molecule has 0 aromatic heterocycles. The maximum absolute atomic E-state index is 11.7. The highest BCUT2D eigenvalue weighted by Crippen LogP contribution is 2.18. The summed E-state index contributed by atoms with van der Waals surface area (Å²) in [7, 11) is -3.41. The van der Waals surface area contributed by atoms with Crippen molar-refractivity contribution >= 4 is 21.6 Å². The first-order chi connectivity index (χ1) is 7.83. The average molecular weight is 256 g/mol. The number of nitrogens with one attached hydrogen (secondary N) is 1. The Hall–Kier alpha value is -1.56. The van der Waals surface area contributed by atoms with Crippen molar-refractivity contribution in [3.05, 3.63) is 29.8 Å². The van der Waals surface area contributed by atoms with Gasteiger partial charge < -0.3 is 5.73 Å². The van der Waals surface area contributed by atoms with Gasteiger partial charge in [0.15, 0.2) is 0 Å². The predicted molar refractivity (Wildman–Crippen MR) is 67.0 cm³/mol. The number of hydrogen-bond donors (Lipinski definition) is 2. The lowest BCUT2D eigenvalue weighted by atomic mass is 10.1. The van der Waals surface area contributed by atoms with Gasteiger partial charge in [-0.05, 0) is 25.5 Å². The largest absolute Gasteiger partial charge is 0.369 e. The van der Waals surface area contributed by atoms with Gasteiger partial charge in [0.05, 0.1) is 17.4 Å². The van der Waals surface area contributed by atoms with Crippen LogP contribution in [0, 0.1) is 0 Å². The number of hydrogen-bond acceptors (Lipinski definition) is 3. The molecule has 0 atom stereocenters. The Labute approximate surface area is 101 Å². The van der Waals surface area contributed by atoms with Crippen molar-refractivity contribution < 1.29 is 13.2 Å². The molecule has 0 saturated heterocycles. The van der Waals surface area contributed by atoms with Crippen LogP contribution in [0.4, 0.5) is 5.69 Å². The van der Waals surface area contributed by atoms with Crippen LogP contribution in [0.3, 0.4) is 0 Å². The highest BCUT2D eigenvalue weighted by atomic mass is 32.2. The summed E-state index contributed by atoms with van der Waals surface area (Å²) in [5.74, 6) is -0.499. The van der Waals surface area contributed by atoms with Crippen LogP contribution in [-0.4, -0.2) is 19.6 Å². The molecule has 1 amide bonds. The van der Waals surface area contributed by atoms with Crippen molar-refractivity contribution in [2.75, 3.05) is 4.72 Å². The lowest BCUT2D eigenvalue weighted by Gasteiger charge is -2.13. The van der Waals surface area contributed by atoms with Gasteiger partial charge in [-0.25, -0.2) is 8.42 Å². The fourth-order valence-corrected chi connectivity index (χ4v) is 1.97. The van der Waals surface area contributed by atoms with Crippen molar-refractivity contribution in [2.45, 2.75) is 25.5 Å². The van der Waals surface area contributed by atoms with Crippen LogP contribution in [0.2, 0.25) is 0 Å². The topological polar surface area (TPSA) is 89.3 Å². The molecule has 6 heteroatoms.